The van der Waals surface area contributed by atoms with Crippen LogP contribution in [0.1, 0.15) is 64.4 Å². The topological polar surface area (TPSA) is 9.23 Å². The average Bonchev–Trinajstić information content (AvgIpc) is 2.61. The molecule has 1 nitrogen and oxygen atoms in total. The molecule has 0 saturated heterocycles. The second kappa shape index (κ2) is 10.2. The predicted molar refractivity (Wildman–Crippen MR) is 105 cm³/mol. The Bertz CT molecular complexity index is 550. The summed E-state index contributed by atoms with van der Waals surface area (Å²) in [4.78, 5) is 0. The minimum Gasteiger partial charge on any atom is -0.479 e. The molecule has 1 atom stereocenters. The molecule has 1 unspecified atom stereocenters. The molecule has 1 aromatic carbocycles. The van der Waals surface area contributed by atoms with Crippen LogP contribution >= 0.6 is 0 Å². The number of hydrogen-bond acceptors (Lipinski definition) is 1. The van der Waals surface area contributed by atoms with Gasteiger partial charge >= 0.3 is 0 Å². The van der Waals surface area contributed by atoms with E-state index in [2.05, 4.69) is 74.6 Å². The Morgan fingerprint density at radius 2 is 1.83 bits per heavy atom. The van der Waals surface area contributed by atoms with Crippen molar-refractivity contribution < 1.29 is 4.74 Å². The second-order valence-electron chi connectivity index (χ2n) is 6.69. The fourth-order valence-corrected chi connectivity index (χ4v) is 3.05. The Balaban J connectivity index is 1.98. The summed E-state index contributed by atoms with van der Waals surface area (Å²) in [7, 11) is 0. The average molecular weight is 325 g/mol. The largest absolute Gasteiger partial charge is 0.479 e. The Hall–Kier alpha value is -1.76. The fourth-order valence-electron chi connectivity index (χ4n) is 3.05. The zero-order valence-electron chi connectivity index (χ0n) is 15.3. The van der Waals surface area contributed by atoms with Gasteiger partial charge in [-0.15, -0.1) is 0 Å². The van der Waals surface area contributed by atoms with Crippen LogP contribution in [0.25, 0.3) is 0 Å². The van der Waals surface area contributed by atoms with Gasteiger partial charge in [-0.1, -0.05) is 76.0 Å². The van der Waals surface area contributed by atoms with E-state index >= 15 is 0 Å². The van der Waals surface area contributed by atoms with Gasteiger partial charge in [-0.25, -0.2) is 0 Å². The molecule has 1 aliphatic carbocycles. The molecule has 0 N–H and O–H groups in total. The van der Waals surface area contributed by atoms with Gasteiger partial charge in [0.1, 0.15) is 11.4 Å². The molecular formula is C23H32O. The number of allylic oxidation sites excluding steroid dienone is 3. The Morgan fingerprint density at radius 3 is 2.50 bits per heavy atom. The first-order valence-corrected chi connectivity index (χ1v) is 9.58. The van der Waals surface area contributed by atoms with Crippen LogP contribution in [0.4, 0.5) is 0 Å². The van der Waals surface area contributed by atoms with E-state index in [9.17, 15) is 0 Å². The second-order valence-corrected chi connectivity index (χ2v) is 6.69. The first kappa shape index (κ1) is 18.6. The van der Waals surface area contributed by atoms with E-state index in [1.165, 1.54) is 37.7 Å². The van der Waals surface area contributed by atoms with Crippen molar-refractivity contribution in [3.8, 4) is 5.75 Å². The van der Waals surface area contributed by atoms with Crippen LogP contribution in [-0.2, 0) is 6.42 Å². The molecule has 0 heterocycles. The zero-order valence-corrected chi connectivity index (χ0v) is 15.3. The van der Waals surface area contributed by atoms with E-state index < -0.39 is 0 Å². The number of ether oxygens (including phenoxy) is 1. The highest BCUT2D eigenvalue weighted by Gasteiger charge is 2.26. The third-order valence-corrected chi connectivity index (χ3v) is 4.46. The maximum Gasteiger partial charge on any atom is 0.149 e. The van der Waals surface area contributed by atoms with Gasteiger partial charge in [0.25, 0.3) is 0 Å². The van der Waals surface area contributed by atoms with E-state index in [4.69, 9.17) is 4.74 Å². The number of rotatable bonds is 10. The highest BCUT2D eigenvalue weighted by Crippen LogP contribution is 2.28. The van der Waals surface area contributed by atoms with E-state index in [-0.39, 0.29) is 5.60 Å². The molecule has 1 aliphatic rings. The van der Waals surface area contributed by atoms with Crippen molar-refractivity contribution in [2.45, 2.75) is 70.8 Å². The van der Waals surface area contributed by atoms with Crippen LogP contribution in [0.5, 0.6) is 5.75 Å². The highest BCUT2D eigenvalue weighted by molar-refractivity contribution is 5.32. The lowest BCUT2D eigenvalue weighted by atomic mass is 9.93. The maximum atomic E-state index is 6.38. The molecule has 0 spiro atoms. The van der Waals surface area contributed by atoms with Crippen molar-refractivity contribution in [1.29, 1.82) is 0 Å². The van der Waals surface area contributed by atoms with E-state index in [1.807, 2.05) is 0 Å². The zero-order chi connectivity index (χ0) is 17.1. The van der Waals surface area contributed by atoms with Gasteiger partial charge in [0.15, 0.2) is 0 Å². The summed E-state index contributed by atoms with van der Waals surface area (Å²) in [6.07, 6.45) is 22.7. The molecule has 24 heavy (non-hydrogen) atoms. The van der Waals surface area contributed by atoms with Gasteiger partial charge in [-0.3, -0.25) is 0 Å². The van der Waals surface area contributed by atoms with Crippen LogP contribution in [0.3, 0.4) is 0 Å². The lowest BCUT2D eigenvalue weighted by Crippen LogP contribution is -2.31. The predicted octanol–water partition coefficient (Wildman–Crippen LogP) is 6.80. The Morgan fingerprint density at radius 1 is 1.00 bits per heavy atom. The highest BCUT2D eigenvalue weighted by atomic mass is 16.5. The minimum absolute atomic E-state index is 0.328. The molecule has 130 valence electrons. The Labute approximate surface area is 148 Å². The third-order valence-electron chi connectivity index (χ3n) is 4.46. The van der Waals surface area contributed by atoms with Crippen molar-refractivity contribution in [2.24, 2.45) is 0 Å². The first-order chi connectivity index (χ1) is 11.8. The van der Waals surface area contributed by atoms with Gasteiger partial charge in [0.05, 0.1) is 0 Å². The molecule has 0 saturated carbocycles. The fraction of sp³-hybridized carbons (Fsp3) is 0.478. The standard InChI is InChI=1S/C23H32O/c1-3-5-6-7-8-10-18-23(19-11-9-12-20-23)24-22-16-14-21(13-4-2)15-17-22/h9-12,14-19H,3-8,13,20H2,1-2H3/b18-10+. The van der Waals surface area contributed by atoms with Gasteiger partial charge in [0, 0.05) is 6.42 Å². The van der Waals surface area contributed by atoms with Crippen LogP contribution in [-0.4, -0.2) is 5.60 Å². The summed E-state index contributed by atoms with van der Waals surface area (Å²) in [6.45, 7) is 4.47. The van der Waals surface area contributed by atoms with Crippen LogP contribution < -0.4 is 4.74 Å². The summed E-state index contributed by atoms with van der Waals surface area (Å²) in [6, 6.07) is 8.58. The monoisotopic (exact) mass is 324 g/mol. The molecule has 0 amide bonds. The van der Waals surface area contributed by atoms with E-state index in [0.717, 1.165) is 25.0 Å². The molecule has 0 aliphatic heterocycles. The number of benzene rings is 1. The number of unbranched alkanes of at least 4 members (excludes halogenated alkanes) is 4. The van der Waals surface area contributed by atoms with Crippen molar-refractivity contribution in [3.05, 3.63) is 66.3 Å². The van der Waals surface area contributed by atoms with Gasteiger partial charge in [-0.2, -0.15) is 0 Å². The maximum absolute atomic E-state index is 6.38. The SMILES string of the molecule is CCCCCC/C=C/C1(Oc2ccc(CCC)cc2)C=CC=CC1. The van der Waals surface area contributed by atoms with Crippen LogP contribution in [0, 0.1) is 0 Å². The van der Waals surface area contributed by atoms with Crippen molar-refractivity contribution in [2.75, 3.05) is 0 Å². The van der Waals surface area contributed by atoms with Crippen LogP contribution in [0.2, 0.25) is 0 Å². The molecule has 0 bridgehead atoms. The third kappa shape index (κ3) is 6.03. The van der Waals surface area contributed by atoms with Gasteiger partial charge < -0.3 is 4.74 Å². The lowest BCUT2D eigenvalue weighted by Gasteiger charge is -2.29. The summed E-state index contributed by atoms with van der Waals surface area (Å²) >= 11 is 0. The van der Waals surface area contributed by atoms with E-state index in [1.54, 1.807) is 0 Å². The molecular weight excluding hydrogens is 292 g/mol. The molecule has 0 aromatic heterocycles. The molecule has 0 radical (unpaired) electrons. The quantitative estimate of drug-likeness (QED) is 0.340. The number of aryl methyl sites for hydroxylation is 1. The molecule has 1 heteroatoms. The normalized spacial score (nSPS) is 19.9. The first-order valence-electron chi connectivity index (χ1n) is 9.58. The van der Waals surface area contributed by atoms with Crippen molar-refractivity contribution in [3.63, 3.8) is 0 Å². The molecule has 2 rings (SSSR count). The summed E-state index contributed by atoms with van der Waals surface area (Å²) in [5.41, 5.74) is 1.05. The molecule has 0 fully saturated rings. The van der Waals surface area contributed by atoms with Gasteiger partial charge in [0.2, 0.25) is 0 Å². The molecule has 1 aromatic rings. The van der Waals surface area contributed by atoms with E-state index in [0.29, 0.717) is 0 Å². The summed E-state index contributed by atoms with van der Waals surface area (Å²) in [5, 5.41) is 0. The summed E-state index contributed by atoms with van der Waals surface area (Å²) in [5.74, 6) is 0.949. The Kier molecular flexibility index (Phi) is 7.88. The van der Waals surface area contributed by atoms with Crippen LogP contribution in [0.15, 0.2) is 60.7 Å². The lowest BCUT2D eigenvalue weighted by molar-refractivity contribution is 0.173. The van der Waals surface area contributed by atoms with Crippen molar-refractivity contribution in [1.82, 2.24) is 0 Å². The number of hydrogen-bond donors (Lipinski definition) is 0. The minimum atomic E-state index is -0.328. The smallest absolute Gasteiger partial charge is 0.149 e. The van der Waals surface area contributed by atoms with Crippen molar-refractivity contribution >= 4 is 0 Å². The van der Waals surface area contributed by atoms with Gasteiger partial charge in [-0.05, 0) is 49.1 Å². The summed E-state index contributed by atoms with van der Waals surface area (Å²) < 4.78 is 6.38.